The normalized spacial score (nSPS) is 25.6. The maximum absolute atomic E-state index is 10.6. The summed E-state index contributed by atoms with van der Waals surface area (Å²) < 4.78 is 7.26. The minimum atomic E-state index is -1.24. The number of thioether (sulfide) groups is 1. The molecule has 0 spiro atoms. The number of hydrogen-bond donors (Lipinski definition) is 5. The third-order valence-corrected chi connectivity index (χ3v) is 5.09. The van der Waals surface area contributed by atoms with E-state index in [1.54, 1.807) is 0 Å². The number of nitrogens with zero attached hydrogens (tertiary/aromatic N) is 4. The van der Waals surface area contributed by atoms with Gasteiger partial charge in [-0.05, 0) is 5.75 Å². The first-order valence-corrected chi connectivity index (χ1v) is 8.88. The van der Waals surface area contributed by atoms with E-state index in [1.807, 2.05) is 0 Å². The Labute approximate surface area is 151 Å². The third-order valence-electron chi connectivity index (χ3n) is 4.04. The molecule has 2 aromatic heterocycles. The van der Waals surface area contributed by atoms with Gasteiger partial charge in [-0.15, -0.1) is 0 Å². The number of aliphatic carboxylic acids is 1. The largest absolute Gasteiger partial charge is 0.477 e. The zero-order chi connectivity index (χ0) is 18.8. The highest BCUT2D eigenvalue weighted by Crippen LogP contribution is 2.33. The molecule has 12 heteroatoms. The van der Waals surface area contributed by atoms with Crippen molar-refractivity contribution in [1.29, 1.82) is 5.41 Å². The predicted molar refractivity (Wildman–Crippen MR) is 93.0 cm³/mol. The van der Waals surface area contributed by atoms with Crippen molar-refractivity contribution in [2.24, 2.45) is 0 Å². The number of aliphatic hydroxyl groups is 2. The maximum atomic E-state index is 10.6. The lowest BCUT2D eigenvalue weighted by molar-refractivity contribution is -0.129. The van der Waals surface area contributed by atoms with E-state index in [1.165, 1.54) is 29.0 Å². The van der Waals surface area contributed by atoms with Crippen LogP contribution in [0.1, 0.15) is 12.6 Å². The molecular weight excluding hydrogens is 364 g/mol. The third kappa shape index (κ3) is 3.49. The molecule has 0 bridgehead atoms. The first-order chi connectivity index (χ1) is 12.4. The summed E-state index contributed by atoms with van der Waals surface area (Å²) in [6.45, 7) is 0. The highest BCUT2D eigenvalue weighted by Gasteiger charge is 2.44. The second kappa shape index (κ2) is 7.53. The van der Waals surface area contributed by atoms with Gasteiger partial charge in [-0.25, -0.2) is 19.7 Å². The first-order valence-electron chi connectivity index (χ1n) is 7.73. The molecule has 140 valence electrons. The Hall–Kier alpha value is -2.28. The molecule has 0 amide bonds. The van der Waals surface area contributed by atoms with Gasteiger partial charge < -0.3 is 25.8 Å². The van der Waals surface area contributed by atoms with Crippen LogP contribution in [0.25, 0.3) is 11.2 Å². The molecule has 0 saturated carbocycles. The van der Waals surface area contributed by atoms with Crippen molar-refractivity contribution < 1.29 is 24.9 Å². The standard InChI is InChI=1S/C14H18N6O5S/c15-6(14(23)24)1-2-26-3-7-9(21)10(22)13(25-7)20-5-19-8-11(16)17-4-18-12(8)20/h4-5,7,9-10,13,15,21-22H,1-3H2,(H,23,24)(H2,16,17,18)/t7-,9-,10-,13-/m1/s1. The number of nitrogens with two attached hydrogens (primary N) is 1. The molecule has 3 heterocycles. The molecule has 1 saturated heterocycles. The Bertz CT molecular complexity index is 829. The molecule has 11 nitrogen and oxygen atoms in total. The number of hydrogen-bond acceptors (Lipinski definition) is 10. The number of anilines is 1. The molecule has 26 heavy (non-hydrogen) atoms. The Morgan fingerprint density at radius 3 is 2.85 bits per heavy atom. The van der Waals surface area contributed by atoms with E-state index in [9.17, 15) is 15.0 Å². The van der Waals surface area contributed by atoms with Crippen LogP contribution >= 0.6 is 11.8 Å². The minimum absolute atomic E-state index is 0.108. The lowest BCUT2D eigenvalue weighted by Crippen LogP contribution is -2.32. The minimum Gasteiger partial charge on any atom is -0.477 e. The van der Waals surface area contributed by atoms with Gasteiger partial charge in [0.1, 0.15) is 29.8 Å². The molecule has 0 aliphatic carbocycles. The summed E-state index contributed by atoms with van der Waals surface area (Å²) in [4.78, 5) is 22.6. The summed E-state index contributed by atoms with van der Waals surface area (Å²) in [5.74, 6) is -0.303. The van der Waals surface area contributed by atoms with E-state index in [2.05, 4.69) is 15.0 Å². The summed E-state index contributed by atoms with van der Waals surface area (Å²) in [5, 5.41) is 36.5. The van der Waals surface area contributed by atoms with Crippen LogP contribution < -0.4 is 5.73 Å². The average molecular weight is 382 g/mol. The number of nitrogen functional groups attached to an aromatic ring is 1. The van der Waals surface area contributed by atoms with Crippen molar-refractivity contribution in [3.05, 3.63) is 12.7 Å². The van der Waals surface area contributed by atoms with E-state index >= 15 is 0 Å². The van der Waals surface area contributed by atoms with Crippen LogP contribution in [-0.2, 0) is 9.53 Å². The number of carbonyl (C=O) groups is 1. The topological polar surface area (TPSA) is 180 Å². The molecule has 3 rings (SSSR count). The monoisotopic (exact) mass is 382 g/mol. The highest BCUT2D eigenvalue weighted by molar-refractivity contribution is 7.99. The Balaban J connectivity index is 1.65. The summed E-state index contributed by atoms with van der Waals surface area (Å²) in [6.07, 6.45) is -1.05. The number of nitrogens with one attached hydrogen (secondary N) is 1. The van der Waals surface area contributed by atoms with Crippen molar-refractivity contribution in [3.8, 4) is 0 Å². The van der Waals surface area contributed by atoms with Crippen LogP contribution in [0.2, 0.25) is 0 Å². The molecule has 0 aromatic carbocycles. The van der Waals surface area contributed by atoms with Crippen molar-refractivity contribution >= 4 is 40.4 Å². The molecule has 4 atom stereocenters. The summed E-state index contributed by atoms with van der Waals surface area (Å²) >= 11 is 1.34. The second-order valence-corrected chi connectivity index (χ2v) is 6.89. The number of carboxylic acid groups (broad SMARTS) is 1. The van der Waals surface area contributed by atoms with Crippen molar-refractivity contribution in [3.63, 3.8) is 0 Å². The number of imidazole rings is 1. The van der Waals surface area contributed by atoms with E-state index in [0.717, 1.165) is 0 Å². The van der Waals surface area contributed by atoms with Crippen LogP contribution in [0.5, 0.6) is 0 Å². The zero-order valence-electron chi connectivity index (χ0n) is 13.5. The van der Waals surface area contributed by atoms with Gasteiger partial charge in [0.05, 0.1) is 12.4 Å². The number of rotatable bonds is 7. The Kier molecular flexibility index (Phi) is 5.36. The summed E-state index contributed by atoms with van der Waals surface area (Å²) in [5.41, 5.74) is 6.14. The number of aliphatic hydroxyl groups excluding tert-OH is 2. The SMILES string of the molecule is N=C(CCSC[C@H]1O[C@@H](n2cnc3c(N)ncnc32)[C@H](O)[C@@H]1O)C(=O)O. The molecular formula is C14H18N6O5S. The van der Waals surface area contributed by atoms with Gasteiger partial charge in [0.15, 0.2) is 17.7 Å². The van der Waals surface area contributed by atoms with E-state index in [4.69, 9.17) is 21.0 Å². The van der Waals surface area contributed by atoms with Crippen LogP contribution in [0.4, 0.5) is 5.82 Å². The van der Waals surface area contributed by atoms with E-state index in [-0.39, 0.29) is 18.0 Å². The average Bonchev–Trinajstić information content (AvgIpc) is 3.15. The van der Waals surface area contributed by atoms with Gasteiger partial charge in [-0.3, -0.25) is 9.98 Å². The fourth-order valence-corrected chi connectivity index (χ4v) is 3.66. The summed E-state index contributed by atoms with van der Waals surface area (Å²) in [6, 6.07) is 0. The fraction of sp³-hybridized carbons (Fsp3) is 0.500. The number of aromatic nitrogens is 4. The molecule has 6 N–H and O–H groups in total. The lowest BCUT2D eigenvalue weighted by Gasteiger charge is -2.16. The molecule has 1 aliphatic heterocycles. The molecule has 1 fully saturated rings. The summed E-state index contributed by atoms with van der Waals surface area (Å²) in [7, 11) is 0. The Morgan fingerprint density at radius 2 is 2.12 bits per heavy atom. The van der Waals surface area contributed by atoms with Crippen LogP contribution in [0, 0.1) is 5.41 Å². The maximum Gasteiger partial charge on any atom is 0.349 e. The smallest absolute Gasteiger partial charge is 0.349 e. The first kappa shape index (κ1) is 18.5. The van der Waals surface area contributed by atoms with Gasteiger partial charge in [0.2, 0.25) is 0 Å². The van der Waals surface area contributed by atoms with Crippen molar-refractivity contribution in [2.75, 3.05) is 17.2 Å². The van der Waals surface area contributed by atoms with E-state index in [0.29, 0.717) is 22.7 Å². The van der Waals surface area contributed by atoms with Crippen LogP contribution in [0.3, 0.4) is 0 Å². The van der Waals surface area contributed by atoms with Crippen LogP contribution in [-0.4, -0.2) is 76.3 Å². The van der Waals surface area contributed by atoms with Gasteiger partial charge in [0.25, 0.3) is 0 Å². The fourth-order valence-electron chi connectivity index (χ4n) is 2.63. The highest BCUT2D eigenvalue weighted by atomic mass is 32.2. The van der Waals surface area contributed by atoms with Crippen molar-refractivity contribution in [1.82, 2.24) is 19.5 Å². The quantitative estimate of drug-likeness (QED) is 0.302. The van der Waals surface area contributed by atoms with E-state index < -0.39 is 30.5 Å². The lowest BCUT2D eigenvalue weighted by atomic mass is 10.1. The molecule has 1 aliphatic rings. The van der Waals surface area contributed by atoms with Gasteiger partial charge >= 0.3 is 5.97 Å². The Morgan fingerprint density at radius 1 is 1.35 bits per heavy atom. The van der Waals surface area contributed by atoms with Gasteiger partial charge in [-0.2, -0.15) is 11.8 Å². The number of ether oxygens (including phenoxy) is 1. The number of carboxylic acids is 1. The van der Waals surface area contributed by atoms with Gasteiger partial charge in [0, 0.05) is 12.2 Å². The van der Waals surface area contributed by atoms with Gasteiger partial charge in [-0.1, -0.05) is 0 Å². The van der Waals surface area contributed by atoms with Crippen molar-refractivity contribution in [2.45, 2.75) is 31.0 Å². The molecule has 0 unspecified atom stereocenters. The molecule has 0 radical (unpaired) electrons. The zero-order valence-corrected chi connectivity index (χ0v) is 14.3. The predicted octanol–water partition coefficient (Wildman–Crippen LogP) is -0.745. The second-order valence-electron chi connectivity index (χ2n) is 5.74. The molecule has 2 aromatic rings. The number of fused-ring (bicyclic) bond motifs is 1. The van der Waals surface area contributed by atoms with Crippen LogP contribution in [0.15, 0.2) is 12.7 Å².